The van der Waals surface area contributed by atoms with Gasteiger partial charge in [0.15, 0.2) is 12.9 Å². The summed E-state index contributed by atoms with van der Waals surface area (Å²) >= 11 is 5.73. The Labute approximate surface area is 91.4 Å². The summed E-state index contributed by atoms with van der Waals surface area (Å²) in [6.45, 7) is 1.21. The van der Waals surface area contributed by atoms with Gasteiger partial charge in [-0.1, -0.05) is 11.6 Å². The lowest BCUT2D eigenvalue weighted by Gasteiger charge is -2.09. The quantitative estimate of drug-likeness (QED) is 0.800. The van der Waals surface area contributed by atoms with E-state index in [4.69, 9.17) is 21.4 Å². The number of carbonyl (C=O) groups is 2. The highest BCUT2D eigenvalue weighted by atomic mass is 35.5. The molecule has 5 heteroatoms. The molecule has 0 fully saturated rings. The summed E-state index contributed by atoms with van der Waals surface area (Å²) in [7, 11) is 0. The molecule has 0 amide bonds. The van der Waals surface area contributed by atoms with Crippen LogP contribution in [-0.4, -0.2) is 24.0 Å². The minimum Gasteiger partial charge on any atom is -0.481 e. The van der Waals surface area contributed by atoms with E-state index in [1.54, 1.807) is 13.0 Å². The maximum absolute atomic E-state index is 10.7. The third kappa shape index (κ3) is 2.95. The number of carboxylic acids is 1. The summed E-state index contributed by atoms with van der Waals surface area (Å²) in [5.74, 6) is -0.835. The maximum Gasteiger partial charge on any atom is 0.341 e. The Morgan fingerprint density at radius 2 is 2.27 bits per heavy atom. The van der Waals surface area contributed by atoms with Gasteiger partial charge in [0.2, 0.25) is 0 Å². The standard InChI is InChI=1S/C10H9ClO4/c1-6-2-8(11)3-7(4-12)10(6)15-5-9(13)14/h2-4H,5H2,1H3,(H,13,14). The number of aryl methyl sites for hydroxylation is 1. The minimum atomic E-state index is -1.10. The first-order valence-electron chi connectivity index (χ1n) is 4.14. The molecule has 0 spiro atoms. The van der Waals surface area contributed by atoms with Crippen LogP contribution in [-0.2, 0) is 4.79 Å². The van der Waals surface area contributed by atoms with Crippen LogP contribution in [0, 0.1) is 6.92 Å². The van der Waals surface area contributed by atoms with Gasteiger partial charge in [0, 0.05) is 5.02 Å². The molecule has 4 nitrogen and oxygen atoms in total. The second-order valence-electron chi connectivity index (χ2n) is 2.94. The van der Waals surface area contributed by atoms with E-state index < -0.39 is 12.6 Å². The lowest BCUT2D eigenvalue weighted by Crippen LogP contribution is -2.11. The Bertz CT molecular complexity index is 401. The summed E-state index contributed by atoms with van der Waals surface area (Å²) < 4.78 is 4.99. The summed E-state index contributed by atoms with van der Waals surface area (Å²) in [5.41, 5.74) is 0.882. The average Bonchev–Trinajstić information content (AvgIpc) is 2.14. The zero-order chi connectivity index (χ0) is 11.4. The van der Waals surface area contributed by atoms with Gasteiger partial charge in [-0.25, -0.2) is 4.79 Å². The smallest absolute Gasteiger partial charge is 0.341 e. The molecule has 0 saturated carbocycles. The second-order valence-corrected chi connectivity index (χ2v) is 3.38. The van der Waals surface area contributed by atoms with Crippen molar-refractivity contribution in [1.82, 2.24) is 0 Å². The lowest BCUT2D eigenvalue weighted by molar-refractivity contribution is -0.139. The second kappa shape index (κ2) is 4.79. The Hall–Kier alpha value is -1.55. The highest BCUT2D eigenvalue weighted by Gasteiger charge is 2.10. The van der Waals surface area contributed by atoms with Gasteiger partial charge >= 0.3 is 5.97 Å². The molecule has 1 aromatic rings. The van der Waals surface area contributed by atoms with Gasteiger partial charge in [-0.05, 0) is 24.6 Å². The van der Waals surface area contributed by atoms with Crippen molar-refractivity contribution in [3.63, 3.8) is 0 Å². The largest absolute Gasteiger partial charge is 0.481 e. The number of aldehydes is 1. The van der Waals surface area contributed by atoms with Crippen LogP contribution in [0.2, 0.25) is 5.02 Å². The number of ether oxygens (including phenoxy) is 1. The Balaban J connectivity index is 3.04. The molecule has 0 aliphatic carbocycles. The molecule has 1 rings (SSSR count). The van der Waals surface area contributed by atoms with E-state index in [9.17, 15) is 9.59 Å². The first-order chi connectivity index (χ1) is 7.04. The average molecular weight is 229 g/mol. The van der Waals surface area contributed by atoms with Gasteiger partial charge in [0.1, 0.15) is 5.75 Å². The van der Waals surface area contributed by atoms with Crippen LogP contribution in [0.25, 0.3) is 0 Å². The summed E-state index contributed by atoms with van der Waals surface area (Å²) in [6.07, 6.45) is 0.579. The van der Waals surface area contributed by atoms with Crippen molar-refractivity contribution in [2.75, 3.05) is 6.61 Å². The fourth-order valence-corrected chi connectivity index (χ4v) is 1.46. The SMILES string of the molecule is Cc1cc(Cl)cc(C=O)c1OCC(=O)O. The molecule has 0 saturated heterocycles. The first kappa shape index (κ1) is 11.5. The van der Waals surface area contributed by atoms with Crippen LogP contribution in [0.1, 0.15) is 15.9 Å². The number of rotatable bonds is 4. The third-order valence-corrected chi connectivity index (χ3v) is 1.95. The monoisotopic (exact) mass is 228 g/mol. The fraction of sp³-hybridized carbons (Fsp3) is 0.200. The predicted octanol–water partition coefficient (Wildman–Crippen LogP) is 1.92. The molecule has 80 valence electrons. The molecule has 0 bridgehead atoms. The van der Waals surface area contributed by atoms with Gasteiger partial charge in [-0.15, -0.1) is 0 Å². The van der Waals surface area contributed by atoms with Crippen LogP contribution in [0.5, 0.6) is 5.75 Å². The Kier molecular flexibility index (Phi) is 3.68. The summed E-state index contributed by atoms with van der Waals surface area (Å²) in [6, 6.07) is 3.03. The normalized spacial score (nSPS) is 9.73. The summed E-state index contributed by atoms with van der Waals surface area (Å²) in [5, 5.41) is 8.86. The van der Waals surface area contributed by atoms with Crippen LogP contribution in [0.4, 0.5) is 0 Å². The van der Waals surface area contributed by atoms with Gasteiger partial charge in [-0.2, -0.15) is 0 Å². The Morgan fingerprint density at radius 1 is 1.60 bits per heavy atom. The molecule has 1 N–H and O–H groups in total. The molecular formula is C10H9ClO4. The number of benzene rings is 1. The van der Waals surface area contributed by atoms with Crippen molar-refractivity contribution in [2.45, 2.75) is 6.92 Å². The molecule has 0 heterocycles. The maximum atomic E-state index is 10.7. The highest BCUT2D eigenvalue weighted by molar-refractivity contribution is 6.31. The van der Waals surface area contributed by atoms with E-state index in [1.165, 1.54) is 6.07 Å². The van der Waals surface area contributed by atoms with Crippen LogP contribution < -0.4 is 4.74 Å². The van der Waals surface area contributed by atoms with E-state index in [2.05, 4.69) is 0 Å². The summed E-state index contributed by atoms with van der Waals surface area (Å²) in [4.78, 5) is 21.0. The zero-order valence-corrected chi connectivity index (χ0v) is 8.75. The van der Waals surface area contributed by atoms with Gasteiger partial charge < -0.3 is 9.84 Å². The molecular weight excluding hydrogens is 220 g/mol. The number of carbonyl (C=O) groups excluding carboxylic acids is 1. The topological polar surface area (TPSA) is 63.6 Å². The van der Waals surface area contributed by atoms with E-state index in [0.29, 0.717) is 16.9 Å². The van der Waals surface area contributed by atoms with E-state index >= 15 is 0 Å². The van der Waals surface area contributed by atoms with Gasteiger partial charge in [-0.3, -0.25) is 4.79 Å². The molecule has 1 aromatic carbocycles. The van der Waals surface area contributed by atoms with Crippen molar-refractivity contribution >= 4 is 23.9 Å². The first-order valence-corrected chi connectivity index (χ1v) is 4.52. The van der Waals surface area contributed by atoms with Crippen molar-refractivity contribution < 1.29 is 19.4 Å². The van der Waals surface area contributed by atoms with E-state index in [0.717, 1.165) is 0 Å². The van der Waals surface area contributed by atoms with Crippen molar-refractivity contribution in [1.29, 1.82) is 0 Å². The highest BCUT2D eigenvalue weighted by Crippen LogP contribution is 2.26. The van der Waals surface area contributed by atoms with Crippen LogP contribution in [0.15, 0.2) is 12.1 Å². The molecule has 0 radical (unpaired) electrons. The lowest BCUT2D eigenvalue weighted by atomic mass is 10.1. The number of hydrogen-bond acceptors (Lipinski definition) is 3. The molecule has 0 aromatic heterocycles. The zero-order valence-electron chi connectivity index (χ0n) is 7.99. The van der Waals surface area contributed by atoms with Gasteiger partial charge in [0.05, 0.1) is 5.56 Å². The van der Waals surface area contributed by atoms with Crippen LogP contribution in [0.3, 0.4) is 0 Å². The van der Waals surface area contributed by atoms with Crippen molar-refractivity contribution in [3.8, 4) is 5.75 Å². The molecule has 0 unspecified atom stereocenters. The minimum absolute atomic E-state index is 0.251. The van der Waals surface area contributed by atoms with E-state index in [-0.39, 0.29) is 11.3 Å². The molecule has 0 atom stereocenters. The Morgan fingerprint density at radius 3 is 2.80 bits per heavy atom. The number of aliphatic carboxylic acids is 1. The molecule has 0 aliphatic rings. The van der Waals surface area contributed by atoms with Crippen molar-refractivity contribution in [3.05, 3.63) is 28.3 Å². The number of halogens is 1. The van der Waals surface area contributed by atoms with E-state index in [1.807, 2.05) is 0 Å². The van der Waals surface area contributed by atoms with Crippen LogP contribution >= 0.6 is 11.6 Å². The number of carboxylic acid groups (broad SMARTS) is 1. The molecule has 15 heavy (non-hydrogen) atoms. The fourth-order valence-electron chi connectivity index (χ4n) is 1.17. The third-order valence-electron chi connectivity index (χ3n) is 1.74. The van der Waals surface area contributed by atoms with Gasteiger partial charge in [0.25, 0.3) is 0 Å². The van der Waals surface area contributed by atoms with Crippen molar-refractivity contribution in [2.24, 2.45) is 0 Å². The molecule has 0 aliphatic heterocycles. The predicted molar refractivity (Wildman–Crippen MR) is 54.7 cm³/mol. The number of hydrogen-bond donors (Lipinski definition) is 1.